The van der Waals surface area contributed by atoms with Crippen LogP contribution in [0.5, 0.6) is 0 Å². The van der Waals surface area contributed by atoms with E-state index in [2.05, 4.69) is 97.1 Å². The second-order valence-electron chi connectivity index (χ2n) is 12.2. The molecule has 0 saturated carbocycles. The van der Waals surface area contributed by atoms with Gasteiger partial charge in [0.15, 0.2) is 5.78 Å². The summed E-state index contributed by atoms with van der Waals surface area (Å²) in [6.07, 6.45) is 2.02. The largest absolute Gasteiger partial charge is 0.324 e. The number of Topliss-reactive ketones (excluding diaryl/α,β-unsaturated/α-hetero) is 1. The van der Waals surface area contributed by atoms with Crippen LogP contribution in [0.15, 0.2) is 109 Å². The van der Waals surface area contributed by atoms with E-state index in [0.29, 0.717) is 13.1 Å². The third kappa shape index (κ3) is 3.84. The van der Waals surface area contributed by atoms with Crippen LogP contribution in [0, 0.1) is 19.3 Å². The summed E-state index contributed by atoms with van der Waals surface area (Å²) in [4.78, 5) is 32.1. The van der Waals surface area contributed by atoms with Crippen molar-refractivity contribution in [2.24, 2.45) is 5.41 Å². The number of aryl methyl sites for hydroxylation is 2. The zero-order chi connectivity index (χ0) is 29.1. The molecule has 0 radical (unpaired) electrons. The highest BCUT2D eigenvalue weighted by atomic mass is 16.2. The standard InChI is InChI=1S/C37H35N3O2/c1-24-13-17-26(18-14-24)21-29-22-40(3)23-36(34(29)41)32(27-19-15-25(2)16-20-27)33(28-9-5-4-6-10-28)39-37(36)30-11-7-8-12-31(30)38-35(37)42/h4-21,32-33,39H,22-23H2,1-3H3,(H,38,42)/b29-21+/t32-,33-,36-,37-/m1/s1. The summed E-state index contributed by atoms with van der Waals surface area (Å²) in [5.74, 6) is -0.448. The van der Waals surface area contributed by atoms with Crippen molar-refractivity contribution >= 4 is 23.5 Å². The van der Waals surface area contributed by atoms with Crippen molar-refractivity contribution in [1.29, 1.82) is 0 Å². The molecule has 7 rings (SSSR count). The molecule has 4 aromatic rings. The molecule has 3 aliphatic heterocycles. The Balaban J connectivity index is 1.53. The van der Waals surface area contributed by atoms with Crippen LogP contribution in [-0.4, -0.2) is 36.7 Å². The number of carbonyl (C=O) groups excluding carboxylic acids is 2. The fourth-order valence-corrected chi connectivity index (χ4v) is 7.70. The quantitative estimate of drug-likeness (QED) is 0.298. The minimum absolute atomic E-state index is 0.0320. The van der Waals surface area contributed by atoms with Crippen LogP contribution >= 0.6 is 0 Å². The molecule has 4 aromatic carbocycles. The van der Waals surface area contributed by atoms with Crippen LogP contribution in [-0.2, 0) is 15.1 Å². The highest BCUT2D eigenvalue weighted by Gasteiger charge is 2.74. The van der Waals surface area contributed by atoms with Gasteiger partial charge in [0, 0.05) is 41.9 Å². The van der Waals surface area contributed by atoms with Crippen LogP contribution in [0.2, 0.25) is 0 Å². The van der Waals surface area contributed by atoms with Crippen molar-refractivity contribution in [2.75, 3.05) is 25.5 Å². The zero-order valence-corrected chi connectivity index (χ0v) is 24.2. The number of carbonyl (C=O) groups is 2. The highest BCUT2D eigenvalue weighted by Crippen LogP contribution is 2.65. The summed E-state index contributed by atoms with van der Waals surface area (Å²) in [6.45, 7) is 5.09. The van der Waals surface area contributed by atoms with Gasteiger partial charge in [-0.05, 0) is 49.7 Å². The molecule has 0 unspecified atom stereocenters. The lowest BCUT2D eigenvalue weighted by molar-refractivity contribution is -0.141. The number of likely N-dealkylation sites (N-methyl/N-ethyl adjacent to an activating group) is 1. The van der Waals surface area contributed by atoms with Crippen LogP contribution in [0.3, 0.4) is 0 Å². The third-order valence-electron chi connectivity index (χ3n) is 9.50. The Morgan fingerprint density at radius 3 is 2.14 bits per heavy atom. The van der Waals surface area contributed by atoms with Gasteiger partial charge in [0.05, 0.1) is 5.41 Å². The maximum atomic E-state index is 15.4. The van der Waals surface area contributed by atoms with Crippen molar-refractivity contribution in [3.05, 3.63) is 142 Å². The van der Waals surface area contributed by atoms with E-state index in [-0.39, 0.29) is 23.7 Å². The average molecular weight is 554 g/mol. The molecule has 4 atom stereocenters. The average Bonchev–Trinajstić information content (AvgIpc) is 3.46. The van der Waals surface area contributed by atoms with Gasteiger partial charge >= 0.3 is 0 Å². The number of piperidine rings is 1. The summed E-state index contributed by atoms with van der Waals surface area (Å²) in [7, 11) is 2.06. The Morgan fingerprint density at radius 1 is 0.786 bits per heavy atom. The van der Waals surface area contributed by atoms with Gasteiger partial charge in [-0.25, -0.2) is 0 Å². The van der Waals surface area contributed by atoms with E-state index in [4.69, 9.17) is 0 Å². The molecule has 0 aliphatic carbocycles. The molecule has 5 heteroatoms. The van der Waals surface area contributed by atoms with Crippen LogP contribution in [0.1, 0.15) is 45.3 Å². The van der Waals surface area contributed by atoms with E-state index in [0.717, 1.165) is 39.1 Å². The summed E-state index contributed by atoms with van der Waals surface area (Å²) in [5, 5.41) is 7.04. The molecule has 3 heterocycles. The monoisotopic (exact) mass is 553 g/mol. The molecule has 2 saturated heterocycles. The number of likely N-dealkylation sites (tertiary alicyclic amines) is 1. The molecular formula is C37H35N3O2. The topological polar surface area (TPSA) is 61.4 Å². The van der Waals surface area contributed by atoms with E-state index < -0.39 is 11.0 Å². The van der Waals surface area contributed by atoms with Crippen LogP contribution < -0.4 is 10.6 Å². The Bertz CT molecular complexity index is 1710. The van der Waals surface area contributed by atoms with E-state index in [1.165, 1.54) is 5.56 Å². The van der Waals surface area contributed by atoms with Crippen molar-refractivity contribution in [3.8, 4) is 0 Å². The lowest BCUT2D eigenvalue weighted by atomic mass is 9.55. The van der Waals surface area contributed by atoms with Crippen LogP contribution in [0.4, 0.5) is 5.69 Å². The first kappa shape index (κ1) is 26.6. The van der Waals surface area contributed by atoms with Gasteiger partial charge in [-0.2, -0.15) is 0 Å². The van der Waals surface area contributed by atoms with Crippen molar-refractivity contribution in [2.45, 2.75) is 31.3 Å². The van der Waals surface area contributed by atoms with E-state index in [1.54, 1.807) is 0 Å². The number of hydrogen-bond acceptors (Lipinski definition) is 4. The van der Waals surface area contributed by atoms with Crippen LogP contribution in [0.25, 0.3) is 6.08 Å². The van der Waals surface area contributed by atoms with E-state index in [9.17, 15) is 4.79 Å². The second-order valence-corrected chi connectivity index (χ2v) is 12.2. The van der Waals surface area contributed by atoms with Gasteiger partial charge in [-0.15, -0.1) is 0 Å². The first-order valence-electron chi connectivity index (χ1n) is 14.6. The molecule has 2 spiro atoms. The summed E-state index contributed by atoms with van der Waals surface area (Å²) >= 11 is 0. The third-order valence-corrected chi connectivity index (χ3v) is 9.50. The number of anilines is 1. The van der Waals surface area contributed by atoms with Crippen molar-refractivity contribution < 1.29 is 9.59 Å². The molecule has 3 aliphatic rings. The molecular weight excluding hydrogens is 518 g/mol. The van der Waals surface area contributed by atoms with Crippen molar-refractivity contribution in [3.63, 3.8) is 0 Å². The smallest absolute Gasteiger partial charge is 0.250 e. The normalized spacial score (nSPS) is 28.0. The lowest BCUT2D eigenvalue weighted by Gasteiger charge is -2.49. The molecule has 0 bridgehead atoms. The van der Waals surface area contributed by atoms with E-state index >= 15 is 4.79 Å². The number of fused-ring (bicyclic) bond motifs is 3. The van der Waals surface area contributed by atoms with Gasteiger partial charge < -0.3 is 10.2 Å². The van der Waals surface area contributed by atoms with Gasteiger partial charge in [0.25, 0.3) is 5.91 Å². The maximum absolute atomic E-state index is 15.4. The first-order valence-corrected chi connectivity index (χ1v) is 14.6. The summed E-state index contributed by atoms with van der Waals surface area (Å²) in [6, 6.07) is 34.6. The summed E-state index contributed by atoms with van der Waals surface area (Å²) in [5.41, 5.74) is 5.34. The number of amides is 1. The highest BCUT2D eigenvalue weighted by molar-refractivity contribution is 6.16. The predicted octanol–water partition coefficient (Wildman–Crippen LogP) is 6.16. The van der Waals surface area contributed by atoms with Gasteiger partial charge in [-0.3, -0.25) is 14.9 Å². The zero-order valence-electron chi connectivity index (χ0n) is 24.2. The lowest BCUT2D eigenvalue weighted by Crippen LogP contribution is -2.65. The Morgan fingerprint density at radius 2 is 1.43 bits per heavy atom. The number of para-hydroxylation sites is 1. The molecule has 1 amide bonds. The maximum Gasteiger partial charge on any atom is 0.250 e. The molecule has 2 fully saturated rings. The predicted molar refractivity (Wildman–Crippen MR) is 167 cm³/mol. The van der Waals surface area contributed by atoms with Gasteiger partial charge in [0.2, 0.25) is 0 Å². The molecule has 2 N–H and O–H groups in total. The number of benzene rings is 4. The first-order chi connectivity index (χ1) is 20.3. The van der Waals surface area contributed by atoms with E-state index in [1.807, 2.05) is 48.5 Å². The Labute approximate surface area is 247 Å². The Kier molecular flexibility index (Phi) is 6.26. The number of rotatable bonds is 3. The minimum atomic E-state index is -1.27. The fraction of sp³-hybridized carbons (Fsp3) is 0.243. The number of hydrogen-bond donors (Lipinski definition) is 2. The van der Waals surface area contributed by atoms with Gasteiger partial charge in [-0.1, -0.05) is 108 Å². The molecule has 0 aromatic heterocycles. The minimum Gasteiger partial charge on any atom is -0.324 e. The number of ketones is 1. The number of nitrogens with one attached hydrogen (secondary N) is 2. The molecule has 5 nitrogen and oxygen atoms in total. The molecule has 42 heavy (non-hydrogen) atoms. The van der Waals surface area contributed by atoms with Gasteiger partial charge in [0.1, 0.15) is 5.54 Å². The van der Waals surface area contributed by atoms with Crippen molar-refractivity contribution in [1.82, 2.24) is 10.2 Å². The Hall–Kier alpha value is -4.32. The molecule has 210 valence electrons. The fourth-order valence-electron chi connectivity index (χ4n) is 7.70. The summed E-state index contributed by atoms with van der Waals surface area (Å²) < 4.78 is 0. The number of nitrogens with zero attached hydrogens (tertiary/aromatic N) is 1. The SMILES string of the molecule is Cc1ccc(/C=C2\CN(C)C[C@]3(C2=O)[C@H](c2ccc(C)cc2)[C@@H](c2ccccc2)N[C@]32C(=O)Nc3ccccc32)cc1. The second kappa shape index (κ2) is 9.90.